The predicted molar refractivity (Wildman–Crippen MR) is 69.2 cm³/mol. The first-order valence-corrected chi connectivity index (χ1v) is 9.02. The van der Waals surface area contributed by atoms with E-state index in [1.165, 1.54) is 6.07 Å². The van der Waals surface area contributed by atoms with Crippen LogP contribution in [0.4, 0.5) is 0 Å². The van der Waals surface area contributed by atoms with Gasteiger partial charge in [0, 0.05) is 6.04 Å². The third-order valence-electron chi connectivity index (χ3n) is 3.05. The summed E-state index contributed by atoms with van der Waals surface area (Å²) in [5.74, 6) is 0. The molecule has 1 N–H and O–H groups in total. The summed E-state index contributed by atoms with van der Waals surface area (Å²) < 4.78 is 46.6. The van der Waals surface area contributed by atoms with Gasteiger partial charge in [-0.2, -0.15) is 0 Å². The van der Waals surface area contributed by atoms with Crippen molar-refractivity contribution in [1.82, 2.24) is 5.32 Å². The van der Waals surface area contributed by atoms with Gasteiger partial charge in [0.1, 0.15) is 4.21 Å². The zero-order valence-corrected chi connectivity index (χ0v) is 12.5. The number of rotatable bonds is 3. The first-order chi connectivity index (χ1) is 8.37. The summed E-state index contributed by atoms with van der Waals surface area (Å²) in [6, 6.07) is 1.39. The number of fused-ring (bicyclic) bond motifs is 1. The van der Waals surface area contributed by atoms with Gasteiger partial charge >= 0.3 is 0 Å². The third kappa shape index (κ3) is 2.27. The van der Waals surface area contributed by atoms with Gasteiger partial charge in [0.2, 0.25) is 0 Å². The van der Waals surface area contributed by atoms with E-state index in [-0.39, 0.29) is 14.5 Å². The predicted octanol–water partition coefficient (Wildman–Crippen LogP) is 1.20. The molecule has 1 aromatic rings. The second-order valence-electron chi connectivity index (χ2n) is 4.24. The molecule has 0 saturated carbocycles. The van der Waals surface area contributed by atoms with Crippen LogP contribution in [0, 0.1) is 0 Å². The van der Waals surface area contributed by atoms with Crippen LogP contribution in [0.1, 0.15) is 31.9 Å². The highest BCUT2D eigenvalue weighted by Gasteiger charge is 2.38. The minimum absolute atomic E-state index is 0.0839. The topological polar surface area (TPSA) is 86.3 Å². The van der Waals surface area contributed by atoms with E-state index in [0.717, 1.165) is 11.3 Å². The molecular weight excluding hydrogens is 294 g/mol. The third-order valence-corrected chi connectivity index (χ3v) is 7.84. The molecule has 0 spiro atoms. The standard InChI is InChI=1S/C10H15NO4S3/c1-3-11-8-4-6(2)18(14,15)10-7(8)5-9(16-10)17(12)13/h5-6,8,11H,3-4H2,1-2H3,(H,12,13)/p-1/t6-,8-/m0/s1. The highest BCUT2D eigenvalue weighted by atomic mass is 32.3. The Balaban J connectivity index is 2.57. The summed E-state index contributed by atoms with van der Waals surface area (Å²) in [5.41, 5.74) is 0.596. The number of thiophene rings is 1. The van der Waals surface area contributed by atoms with Gasteiger partial charge in [-0.05, 0) is 42.6 Å². The van der Waals surface area contributed by atoms with Crippen molar-refractivity contribution in [3.63, 3.8) is 0 Å². The molecule has 8 heteroatoms. The molecule has 102 valence electrons. The van der Waals surface area contributed by atoms with Crippen molar-refractivity contribution in [1.29, 1.82) is 0 Å². The molecule has 2 rings (SSSR count). The lowest BCUT2D eigenvalue weighted by molar-refractivity contribution is 0.477. The monoisotopic (exact) mass is 308 g/mol. The molecule has 2 heterocycles. The maximum absolute atomic E-state index is 12.2. The van der Waals surface area contributed by atoms with Crippen molar-refractivity contribution in [2.24, 2.45) is 0 Å². The number of hydrogen-bond donors (Lipinski definition) is 1. The normalized spacial score (nSPS) is 27.7. The van der Waals surface area contributed by atoms with Gasteiger partial charge in [-0.3, -0.25) is 4.21 Å². The minimum Gasteiger partial charge on any atom is -0.768 e. The molecule has 0 saturated heterocycles. The van der Waals surface area contributed by atoms with Crippen LogP contribution in [-0.4, -0.2) is 29.0 Å². The maximum Gasteiger partial charge on any atom is 0.190 e. The smallest absolute Gasteiger partial charge is 0.190 e. The van der Waals surface area contributed by atoms with E-state index in [1.54, 1.807) is 6.92 Å². The van der Waals surface area contributed by atoms with Crippen molar-refractivity contribution >= 4 is 32.3 Å². The van der Waals surface area contributed by atoms with E-state index in [2.05, 4.69) is 5.32 Å². The van der Waals surface area contributed by atoms with Gasteiger partial charge in [-0.15, -0.1) is 11.3 Å². The van der Waals surface area contributed by atoms with Crippen molar-refractivity contribution in [2.45, 2.75) is 40.0 Å². The number of hydrogen-bond acceptors (Lipinski definition) is 6. The largest absolute Gasteiger partial charge is 0.768 e. The fraction of sp³-hybridized carbons (Fsp3) is 0.600. The van der Waals surface area contributed by atoms with Crippen LogP contribution in [0.5, 0.6) is 0 Å². The first kappa shape index (κ1) is 14.1. The molecule has 1 aliphatic rings. The van der Waals surface area contributed by atoms with Gasteiger partial charge in [-0.1, -0.05) is 6.92 Å². The van der Waals surface area contributed by atoms with Crippen LogP contribution in [0.15, 0.2) is 14.5 Å². The summed E-state index contributed by atoms with van der Waals surface area (Å²) in [6.45, 7) is 4.31. The van der Waals surface area contributed by atoms with Gasteiger partial charge in [-0.25, -0.2) is 8.42 Å². The van der Waals surface area contributed by atoms with Crippen LogP contribution >= 0.6 is 11.3 Å². The molecule has 0 aromatic carbocycles. The molecule has 0 fully saturated rings. The van der Waals surface area contributed by atoms with Crippen LogP contribution in [-0.2, 0) is 20.9 Å². The Bertz CT molecular complexity index is 578. The summed E-state index contributed by atoms with van der Waals surface area (Å²) in [6.07, 6.45) is 0.477. The van der Waals surface area contributed by atoms with E-state index in [0.29, 0.717) is 18.5 Å². The molecular formula is C10H14NO4S3-. The Hall–Kier alpha value is -0.280. The second-order valence-corrected chi connectivity index (χ2v) is 9.03. The van der Waals surface area contributed by atoms with Crippen LogP contribution in [0.2, 0.25) is 0 Å². The summed E-state index contributed by atoms with van der Waals surface area (Å²) in [5, 5.41) is 2.72. The molecule has 0 radical (unpaired) electrons. The quantitative estimate of drug-likeness (QED) is 0.848. The first-order valence-electron chi connectivity index (χ1n) is 5.58. The van der Waals surface area contributed by atoms with Crippen molar-refractivity contribution in [2.75, 3.05) is 6.54 Å². The van der Waals surface area contributed by atoms with Crippen LogP contribution in [0.3, 0.4) is 0 Å². The van der Waals surface area contributed by atoms with Gasteiger partial charge < -0.3 is 9.87 Å². The number of sulfone groups is 1. The lowest BCUT2D eigenvalue weighted by Crippen LogP contribution is -2.33. The van der Waals surface area contributed by atoms with E-state index in [1.807, 2.05) is 6.92 Å². The Kier molecular flexibility index (Phi) is 3.93. The average Bonchev–Trinajstić information content (AvgIpc) is 2.72. The zero-order valence-electron chi connectivity index (χ0n) is 10.0. The molecule has 0 amide bonds. The van der Waals surface area contributed by atoms with Gasteiger partial charge in [0.05, 0.1) is 9.46 Å². The maximum atomic E-state index is 12.2. The van der Waals surface area contributed by atoms with E-state index in [4.69, 9.17) is 0 Å². The Morgan fingerprint density at radius 2 is 2.28 bits per heavy atom. The molecule has 1 aliphatic heterocycles. The highest BCUT2D eigenvalue weighted by molar-refractivity contribution is 7.94. The van der Waals surface area contributed by atoms with Crippen LogP contribution < -0.4 is 5.32 Å². The Morgan fingerprint density at radius 1 is 1.61 bits per heavy atom. The van der Waals surface area contributed by atoms with Gasteiger partial charge in [0.15, 0.2) is 9.84 Å². The second kappa shape index (κ2) is 5.01. The average molecular weight is 308 g/mol. The fourth-order valence-corrected chi connectivity index (χ4v) is 6.28. The van der Waals surface area contributed by atoms with E-state index < -0.39 is 26.2 Å². The van der Waals surface area contributed by atoms with Crippen molar-refractivity contribution in [3.05, 3.63) is 11.6 Å². The molecule has 18 heavy (non-hydrogen) atoms. The van der Waals surface area contributed by atoms with Crippen molar-refractivity contribution in [3.8, 4) is 0 Å². The summed E-state index contributed by atoms with van der Waals surface area (Å²) in [4.78, 5) is 0. The van der Waals surface area contributed by atoms with Crippen LogP contribution in [0.25, 0.3) is 0 Å². The number of nitrogens with one attached hydrogen (secondary N) is 1. The molecule has 3 atom stereocenters. The molecule has 1 unspecified atom stereocenters. The molecule has 1 aromatic heterocycles. The van der Waals surface area contributed by atoms with E-state index in [9.17, 15) is 17.2 Å². The minimum atomic E-state index is -3.38. The SMILES string of the molecule is CCN[C@H]1C[C@H](C)S(=O)(=O)c2sc(S(=O)[O-])cc21. The Morgan fingerprint density at radius 3 is 2.83 bits per heavy atom. The van der Waals surface area contributed by atoms with Crippen molar-refractivity contribution < 1.29 is 17.2 Å². The lowest BCUT2D eigenvalue weighted by Gasteiger charge is -2.27. The molecule has 0 bridgehead atoms. The Labute approximate surface area is 113 Å². The molecule has 5 nitrogen and oxygen atoms in total. The van der Waals surface area contributed by atoms with Gasteiger partial charge in [0.25, 0.3) is 0 Å². The summed E-state index contributed by atoms with van der Waals surface area (Å²) >= 11 is -1.54. The summed E-state index contributed by atoms with van der Waals surface area (Å²) in [7, 11) is -3.38. The lowest BCUT2D eigenvalue weighted by atomic mass is 10.1. The zero-order chi connectivity index (χ0) is 13.5. The fourth-order valence-electron chi connectivity index (χ4n) is 2.12. The van der Waals surface area contributed by atoms with E-state index >= 15 is 0 Å². The highest BCUT2D eigenvalue weighted by Crippen LogP contribution is 2.42. The molecule has 0 aliphatic carbocycles.